The van der Waals surface area contributed by atoms with Crippen LogP contribution in [0.3, 0.4) is 0 Å². The van der Waals surface area contributed by atoms with Gasteiger partial charge in [-0.05, 0) is 18.2 Å². The first-order valence-electron chi connectivity index (χ1n) is 7.58. The molecule has 0 bridgehead atoms. The molecule has 4 aromatic heterocycles. The lowest BCUT2D eigenvalue weighted by atomic mass is 10.1. The van der Waals surface area contributed by atoms with E-state index in [-0.39, 0.29) is 0 Å². The van der Waals surface area contributed by atoms with E-state index in [4.69, 9.17) is 11.6 Å². The maximum atomic E-state index is 5.94. The van der Waals surface area contributed by atoms with Crippen molar-refractivity contribution in [3.63, 3.8) is 0 Å². The molecule has 0 radical (unpaired) electrons. The highest BCUT2D eigenvalue weighted by atomic mass is 35.5. The lowest BCUT2D eigenvalue weighted by molar-refractivity contribution is 0.952. The average molecular weight is 381 g/mol. The first-order chi connectivity index (χ1) is 12.8. The van der Waals surface area contributed by atoms with Crippen LogP contribution in [0.15, 0.2) is 48.9 Å². The van der Waals surface area contributed by atoms with Crippen LogP contribution in [0.5, 0.6) is 0 Å². The first-order valence-corrected chi connectivity index (χ1v) is 8.78. The van der Waals surface area contributed by atoms with Crippen molar-refractivity contribution >= 4 is 27.9 Å². The van der Waals surface area contributed by atoms with Crippen LogP contribution in [0.1, 0.15) is 0 Å². The Bertz CT molecular complexity index is 1190. The molecule has 0 amide bonds. The SMILES string of the molecule is Clc1ccc(-c2cc(-c3nn4c(-c5cnccn5)nnc4s3)[nH]n2)cc1. The zero-order chi connectivity index (χ0) is 17.5. The molecule has 1 N–H and O–H groups in total. The van der Waals surface area contributed by atoms with E-state index in [0.29, 0.717) is 21.5 Å². The Labute approximate surface area is 155 Å². The molecule has 0 unspecified atom stereocenters. The maximum absolute atomic E-state index is 5.94. The second-order valence-electron chi connectivity index (χ2n) is 5.39. The molecule has 5 rings (SSSR count). The summed E-state index contributed by atoms with van der Waals surface area (Å²) in [6.07, 6.45) is 4.85. The van der Waals surface area contributed by atoms with Gasteiger partial charge in [0.25, 0.3) is 0 Å². The number of halogens is 1. The van der Waals surface area contributed by atoms with E-state index in [1.807, 2.05) is 30.3 Å². The van der Waals surface area contributed by atoms with E-state index in [2.05, 4.69) is 35.5 Å². The summed E-state index contributed by atoms with van der Waals surface area (Å²) in [5.74, 6) is 0.549. The van der Waals surface area contributed by atoms with Crippen molar-refractivity contribution in [3.05, 3.63) is 53.9 Å². The normalized spacial score (nSPS) is 11.3. The van der Waals surface area contributed by atoms with Crippen LogP contribution in [0.25, 0.3) is 38.4 Å². The third-order valence-corrected chi connectivity index (χ3v) is 4.92. The van der Waals surface area contributed by atoms with Gasteiger partial charge in [-0.1, -0.05) is 35.1 Å². The summed E-state index contributed by atoms with van der Waals surface area (Å²) in [5.41, 5.74) is 3.20. The maximum Gasteiger partial charge on any atom is 0.235 e. The quantitative estimate of drug-likeness (QED) is 0.515. The van der Waals surface area contributed by atoms with Gasteiger partial charge >= 0.3 is 0 Å². The van der Waals surface area contributed by atoms with Crippen molar-refractivity contribution in [2.75, 3.05) is 0 Å². The van der Waals surface area contributed by atoms with Crippen LogP contribution in [-0.2, 0) is 0 Å². The van der Waals surface area contributed by atoms with E-state index in [1.54, 1.807) is 23.1 Å². The third kappa shape index (κ3) is 2.54. The van der Waals surface area contributed by atoms with Crippen molar-refractivity contribution in [3.8, 4) is 33.5 Å². The van der Waals surface area contributed by atoms with E-state index in [1.165, 1.54) is 11.3 Å². The van der Waals surface area contributed by atoms with Gasteiger partial charge in [0.2, 0.25) is 10.8 Å². The van der Waals surface area contributed by atoms with Crippen molar-refractivity contribution < 1.29 is 0 Å². The number of rotatable bonds is 3. The molecule has 0 atom stereocenters. The Morgan fingerprint density at radius 1 is 1.04 bits per heavy atom. The zero-order valence-electron chi connectivity index (χ0n) is 13.0. The largest absolute Gasteiger partial charge is 0.275 e. The van der Waals surface area contributed by atoms with Gasteiger partial charge in [-0.15, -0.1) is 10.2 Å². The Kier molecular flexibility index (Phi) is 3.47. The standard InChI is InChI=1S/C16H9ClN8S/c17-10-3-1-9(2-4-10)11-7-12(21-20-11)15-24-25-14(22-23-16(25)26-15)13-8-18-5-6-19-13/h1-8H,(H,20,21). The highest BCUT2D eigenvalue weighted by Crippen LogP contribution is 2.29. The van der Waals surface area contributed by atoms with Gasteiger partial charge in [0.1, 0.15) is 5.69 Å². The van der Waals surface area contributed by atoms with Crippen LogP contribution < -0.4 is 0 Å². The highest BCUT2D eigenvalue weighted by molar-refractivity contribution is 7.19. The Hall–Kier alpha value is -3.17. The number of aromatic amines is 1. The van der Waals surface area contributed by atoms with E-state index in [0.717, 1.165) is 22.0 Å². The summed E-state index contributed by atoms with van der Waals surface area (Å²) in [7, 11) is 0. The summed E-state index contributed by atoms with van der Waals surface area (Å²) in [5, 5.41) is 21.7. The molecule has 4 heterocycles. The second kappa shape index (κ2) is 5.97. The highest BCUT2D eigenvalue weighted by Gasteiger charge is 2.17. The fourth-order valence-electron chi connectivity index (χ4n) is 2.50. The topological polar surface area (TPSA) is 97.5 Å². The Morgan fingerprint density at radius 2 is 1.92 bits per heavy atom. The van der Waals surface area contributed by atoms with Crippen LogP contribution in [0, 0.1) is 0 Å². The molecule has 26 heavy (non-hydrogen) atoms. The molecular formula is C16H9ClN8S. The molecule has 10 heteroatoms. The van der Waals surface area contributed by atoms with E-state index in [9.17, 15) is 0 Å². The number of hydrogen-bond donors (Lipinski definition) is 1. The summed E-state index contributed by atoms with van der Waals surface area (Å²) >= 11 is 7.35. The molecule has 0 aliphatic heterocycles. The number of aromatic nitrogens is 8. The van der Waals surface area contributed by atoms with Crippen molar-refractivity contribution in [2.24, 2.45) is 0 Å². The number of fused-ring (bicyclic) bond motifs is 1. The molecule has 0 spiro atoms. The van der Waals surface area contributed by atoms with Gasteiger partial charge in [-0.2, -0.15) is 14.7 Å². The molecule has 0 fully saturated rings. The van der Waals surface area contributed by atoms with Crippen molar-refractivity contribution in [1.82, 2.24) is 40.0 Å². The van der Waals surface area contributed by atoms with Gasteiger partial charge < -0.3 is 0 Å². The van der Waals surface area contributed by atoms with E-state index >= 15 is 0 Å². The van der Waals surface area contributed by atoms with Crippen LogP contribution in [-0.4, -0.2) is 40.0 Å². The monoisotopic (exact) mass is 380 g/mol. The lowest BCUT2D eigenvalue weighted by Crippen LogP contribution is -1.93. The Balaban J connectivity index is 1.54. The molecule has 126 valence electrons. The molecule has 0 saturated carbocycles. The van der Waals surface area contributed by atoms with Crippen LogP contribution in [0.2, 0.25) is 5.02 Å². The summed E-state index contributed by atoms with van der Waals surface area (Å²) in [6, 6.07) is 9.46. The fraction of sp³-hybridized carbons (Fsp3) is 0. The van der Waals surface area contributed by atoms with Crippen LogP contribution >= 0.6 is 22.9 Å². The number of hydrogen-bond acceptors (Lipinski definition) is 7. The smallest absolute Gasteiger partial charge is 0.235 e. The number of H-pyrrole nitrogens is 1. The van der Waals surface area contributed by atoms with Crippen molar-refractivity contribution in [2.45, 2.75) is 0 Å². The van der Waals surface area contributed by atoms with E-state index < -0.39 is 0 Å². The summed E-state index contributed by atoms with van der Waals surface area (Å²) in [4.78, 5) is 8.98. The fourth-order valence-corrected chi connectivity index (χ4v) is 3.43. The van der Waals surface area contributed by atoms with Crippen LogP contribution in [0.4, 0.5) is 0 Å². The van der Waals surface area contributed by atoms with Gasteiger partial charge in [0, 0.05) is 23.0 Å². The summed E-state index contributed by atoms with van der Waals surface area (Å²) < 4.78 is 1.66. The van der Waals surface area contributed by atoms with Gasteiger partial charge in [0.15, 0.2) is 5.01 Å². The van der Waals surface area contributed by atoms with Gasteiger partial charge in [-0.25, -0.2) is 4.98 Å². The molecule has 8 nitrogen and oxygen atoms in total. The molecule has 1 aromatic carbocycles. The minimum Gasteiger partial charge on any atom is -0.275 e. The number of benzene rings is 1. The second-order valence-corrected chi connectivity index (χ2v) is 6.78. The van der Waals surface area contributed by atoms with Gasteiger partial charge in [-0.3, -0.25) is 10.1 Å². The number of nitrogens with one attached hydrogen (secondary N) is 1. The number of nitrogens with zero attached hydrogens (tertiary/aromatic N) is 7. The lowest BCUT2D eigenvalue weighted by Gasteiger charge is -1.95. The molecule has 0 aliphatic rings. The average Bonchev–Trinajstić information content (AvgIpc) is 3.38. The first kappa shape index (κ1) is 15.1. The third-order valence-electron chi connectivity index (χ3n) is 3.73. The molecule has 5 aromatic rings. The molecular weight excluding hydrogens is 372 g/mol. The Morgan fingerprint density at radius 3 is 2.73 bits per heavy atom. The molecule has 0 aliphatic carbocycles. The minimum absolute atomic E-state index is 0.549. The zero-order valence-corrected chi connectivity index (χ0v) is 14.6. The predicted octanol–water partition coefficient (Wildman–Crippen LogP) is 3.35. The summed E-state index contributed by atoms with van der Waals surface area (Å²) in [6.45, 7) is 0. The predicted molar refractivity (Wildman–Crippen MR) is 97.7 cm³/mol. The van der Waals surface area contributed by atoms with Crippen molar-refractivity contribution in [1.29, 1.82) is 0 Å². The molecule has 0 saturated heterocycles. The van der Waals surface area contributed by atoms with Gasteiger partial charge in [0.05, 0.1) is 17.6 Å². The minimum atomic E-state index is 0.549.